The van der Waals surface area contributed by atoms with Crippen LogP contribution in [0.25, 0.3) is 0 Å². The molecule has 4 N–H and O–H groups in total. The third kappa shape index (κ3) is 39.7. The highest BCUT2D eigenvalue weighted by atomic mass is 31.2. The average molecular weight is 835 g/mol. The van der Waals surface area contributed by atoms with Crippen molar-refractivity contribution in [1.29, 1.82) is 0 Å². The van der Waals surface area contributed by atoms with Crippen molar-refractivity contribution in [2.24, 2.45) is 0 Å². The van der Waals surface area contributed by atoms with Gasteiger partial charge in [-0.1, -0.05) is 150 Å². The Balaban J connectivity index is 4.54. The van der Waals surface area contributed by atoms with Gasteiger partial charge >= 0.3 is 19.8 Å². The average Bonchev–Trinajstić information content (AvgIpc) is 3.21. The number of esters is 2. The number of carbonyl (C=O) groups is 2. The van der Waals surface area contributed by atoms with Gasteiger partial charge in [0.25, 0.3) is 0 Å². The summed E-state index contributed by atoms with van der Waals surface area (Å²) in [7, 11) is -4.66. The van der Waals surface area contributed by atoms with Gasteiger partial charge in [-0.3, -0.25) is 18.6 Å². The monoisotopic (exact) mass is 835 g/mol. The van der Waals surface area contributed by atoms with Gasteiger partial charge in [0.05, 0.1) is 25.9 Å². The Hall–Kier alpha value is -3.15. The molecule has 58 heavy (non-hydrogen) atoms. The number of rotatable bonds is 38. The summed E-state index contributed by atoms with van der Waals surface area (Å²) in [6.07, 6.45) is 45.5. The number of unbranched alkanes of at least 4 members (excludes halogenated alkanes) is 9. The molecule has 0 aliphatic rings. The number of hydrogen-bond acceptors (Lipinski definition) is 10. The third-order valence-electron chi connectivity index (χ3n) is 8.34. The molecule has 0 aliphatic carbocycles. The van der Waals surface area contributed by atoms with Crippen LogP contribution in [-0.4, -0.2) is 76.9 Å². The lowest BCUT2D eigenvalue weighted by molar-refractivity contribution is -0.161. The van der Waals surface area contributed by atoms with Gasteiger partial charge < -0.3 is 29.7 Å². The topological polar surface area (TPSA) is 169 Å². The zero-order valence-electron chi connectivity index (χ0n) is 35.3. The van der Waals surface area contributed by atoms with E-state index >= 15 is 0 Å². The minimum absolute atomic E-state index is 0.0840. The van der Waals surface area contributed by atoms with Crippen molar-refractivity contribution in [3.05, 3.63) is 97.2 Å². The number of aliphatic hydroxyl groups is 3. The van der Waals surface area contributed by atoms with Gasteiger partial charge in [0, 0.05) is 12.8 Å². The molecule has 0 saturated carbocycles. The number of aliphatic hydroxyl groups excluding tert-OH is 3. The molecule has 12 heteroatoms. The van der Waals surface area contributed by atoms with Crippen LogP contribution >= 0.6 is 7.82 Å². The van der Waals surface area contributed by atoms with Crippen molar-refractivity contribution in [1.82, 2.24) is 0 Å². The van der Waals surface area contributed by atoms with E-state index in [0.717, 1.165) is 57.8 Å². The van der Waals surface area contributed by atoms with Crippen molar-refractivity contribution >= 4 is 19.8 Å². The Bertz CT molecular complexity index is 1300. The maximum atomic E-state index is 12.6. The van der Waals surface area contributed by atoms with E-state index in [4.69, 9.17) is 19.1 Å². The Labute approximate surface area is 349 Å². The number of hydrogen-bond donors (Lipinski definition) is 4. The van der Waals surface area contributed by atoms with Crippen LogP contribution in [0.5, 0.6) is 0 Å². The predicted molar refractivity (Wildman–Crippen MR) is 234 cm³/mol. The first kappa shape index (κ1) is 54.9. The van der Waals surface area contributed by atoms with Crippen LogP contribution in [0.2, 0.25) is 0 Å². The fraction of sp³-hybridized carbons (Fsp3) is 0.609. The standard InChI is InChI=1S/C46H75O11P/c1-3-5-7-9-11-12-13-14-15-16-17-22-25-29-33-37-46(51)57-44(41-56-58(52,53)55-39-43(49)38-47)40-54-45(50)36-32-28-24-21-19-18-20-23-27-31-35-42(48)34-30-26-10-8-6-4-2/h6,8,12-15,18-19,23-24,26-28,30-31,35,42-44,47-49H,3-5,7,9-11,16-17,20-22,25,29,32-34,36-41H2,1-2H3,(H,52,53)/b8-6-,13-12-,15-14-,19-18-,27-23-,28-24-,30-26-,35-31+/t42?,43-,44+/m0/s1. The Morgan fingerprint density at radius 3 is 1.88 bits per heavy atom. The molecule has 0 radical (unpaired) electrons. The van der Waals surface area contributed by atoms with Crippen molar-refractivity contribution in [3.8, 4) is 0 Å². The van der Waals surface area contributed by atoms with E-state index < -0.39 is 57.9 Å². The van der Waals surface area contributed by atoms with Crippen LogP contribution in [0, 0.1) is 0 Å². The quantitative estimate of drug-likeness (QED) is 0.0154. The molecule has 0 aromatic carbocycles. The first-order valence-electron chi connectivity index (χ1n) is 21.3. The Kier molecular flexibility index (Phi) is 38.4. The van der Waals surface area contributed by atoms with Gasteiger partial charge in [-0.05, 0) is 70.6 Å². The van der Waals surface area contributed by atoms with Gasteiger partial charge in [-0.15, -0.1) is 0 Å². The number of phosphoric ester groups is 1. The molecule has 0 heterocycles. The molecule has 0 spiro atoms. The lowest BCUT2D eigenvalue weighted by atomic mass is 10.1. The lowest BCUT2D eigenvalue weighted by Crippen LogP contribution is -2.29. The van der Waals surface area contributed by atoms with E-state index in [1.54, 1.807) is 6.08 Å². The number of carbonyl (C=O) groups excluding carboxylic acids is 2. The zero-order valence-corrected chi connectivity index (χ0v) is 36.2. The number of allylic oxidation sites excluding steroid dienone is 14. The SMILES string of the molecule is CC/C=C\C/C=C\CC(O)/C=C/C=C\C/C=C\C/C=C\CCC(=O)OC[C@H](COP(=O)(O)OC[C@@H](O)CO)OC(=O)CCCCCCC/C=C\C=C/CCCCCC. The van der Waals surface area contributed by atoms with Crippen molar-refractivity contribution in [2.75, 3.05) is 26.4 Å². The van der Waals surface area contributed by atoms with E-state index in [1.165, 1.54) is 25.7 Å². The van der Waals surface area contributed by atoms with Crippen LogP contribution in [0.4, 0.5) is 0 Å². The van der Waals surface area contributed by atoms with Crippen molar-refractivity contribution in [2.45, 2.75) is 154 Å². The first-order chi connectivity index (χ1) is 28.1. The molecule has 0 aliphatic heterocycles. The molecule has 0 bridgehead atoms. The molecular formula is C46H75O11P. The van der Waals surface area contributed by atoms with Crippen LogP contribution in [0.1, 0.15) is 136 Å². The summed E-state index contributed by atoms with van der Waals surface area (Å²) in [4.78, 5) is 34.9. The van der Waals surface area contributed by atoms with Crippen LogP contribution in [0.15, 0.2) is 97.2 Å². The van der Waals surface area contributed by atoms with E-state index in [1.807, 2.05) is 54.7 Å². The maximum Gasteiger partial charge on any atom is 0.472 e. The summed E-state index contributed by atoms with van der Waals surface area (Å²) in [6.45, 7) is 2.03. The molecule has 2 unspecified atom stereocenters. The summed E-state index contributed by atoms with van der Waals surface area (Å²) < 4.78 is 32.6. The maximum absolute atomic E-state index is 12.6. The predicted octanol–water partition coefficient (Wildman–Crippen LogP) is 10.2. The summed E-state index contributed by atoms with van der Waals surface area (Å²) >= 11 is 0. The second-order valence-electron chi connectivity index (χ2n) is 13.9. The Morgan fingerprint density at radius 1 is 0.603 bits per heavy atom. The normalized spacial score (nSPS) is 15.3. The molecule has 0 saturated heterocycles. The van der Waals surface area contributed by atoms with Gasteiger partial charge in [0.2, 0.25) is 0 Å². The molecule has 0 rings (SSSR count). The fourth-order valence-electron chi connectivity index (χ4n) is 5.03. The summed E-state index contributed by atoms with van der Waals surface area (Å²) in [5, 5.41) is 28.3. The Morgan fingerprint density at radius 2 is 1.19 bits per heavy atom. The van der Waals surface area contributed by atoms with Gasteiger partial charge in [-0.2, -0.15) is 0 Å². The first-order valence-corrected chi connectivity index (χ1v) is 22.8. The molecule has 4 atom stereocenters. The van der Waals surface area contributed by atoms with E-state index in [-0.39, 0.29) is 19.4 Å². The van der Waals surface area contributed by atoms with Gasteiger partial charge in [0.15, 0.2) is 6.10 Å². The van der Waals surface area contributed by atoms with Crippen LogP contribution < -0.4 is 0 Å². The molecule has 330 valence electrons. The van der Waals surface area contributed by atoms with Gasteiger partial charge in [-0.25, -0.2) is 4.57 Å². The largest absolute Gasteiger partial charge is 0.472 e. The third-order valence-corrected chi connectivity index (χ3v) is 9.29. The smallest absolute Gasteiger partial charge is 0.462 e. The lowest BCUT2D eigenvalue weighted by Gasteiger charge is -2.20. The number of ether oxygens (including phenoxy) is 2. The number of phosphoric acid groups is 1. The molecule has 0 aromatic heterocycles. The van der Waals surface area contributed by atoms with Crippen molar-refractivity contribution in [3.63, 3.8) is 0 Å². The molecule has 11 nitrogen and oxygen atoms in total. The van der Waals surface area contributed by atoms with Gasteiger partial charge in [0.1, 0.15) is 12.7 Å². The minimum atomic E-state index is -4.66. The van der Waals surface area contributed by atoms with E-state index in [0.29, 0.717) is 25.7 Å². The highest BCUT2D eigenvalue weighted by molar-refractivity contribution is 7.47. The van der Waals surface area contributed by atoms with E-state index in [2.05, 4.69) is 54.8 Å². The van der Waals surface area contributed by atoms with Crippen LogP contribution in [-0.2, 0) is 32.7 Å². The molecule has 0 aromatic rings. The highest BCUT2D eigenvalue weighted by Gasteiger charge is 2.27. The molecule has 0 fully saturated rings. The van der Waals surface area contributed by atoms with E-state index in [9.17, 15) is 29.3 Å². The second kappa shape index (κ2) is 40.6. The summed E-state index contributed by atoms with van der Waals surface area (Å²) in [5.74, 6) is -1.08. The summed E-state index contributed by atoms with van der Waals surface area (Å²) in [5.41, 5.74) is 0. The van der Waals surface area contributed by atoms with Crippen LogP contribution in [0.3, 0.4) is 0 Å². The highest BCUT2D eigenvalue weighted by Crippen LogP contribution is 2.43. The minimum Gasteiger partial charge on any atom is -0.462 e. The fourth-order valence-corrected chi connectivity index (χ4v) is 5.82. The molecule has 0 amide bonds. The molecular weight excluding hydrogens is 759 g/mol. The second-order valence-corrected chi connectivity index (χ2v) is 15.3. The zero-order chi connectivity index (χ0) is 42.8. The van der Waals surface area contributed by atoms with Crippen molar-refractivity contribution < 1.29 is 52.9 Å². The summed E-state index contributed by atoms with van der Waals surface area (Å²) in [6, 6.07) is 0.